The Bertz CT molecular complexity index is 588. The minimum absolute atomic E-state index is 0.0273. The third kappa shape index (κ3) is 5.03. The number of aryl methyl sites for hydroxylation is 1. The van der Waals surface area contributed by atoms with Gasteiger partial charge in [-0.3, -0.25) is 14.5 Å². The minimum Gasteiger partial charge on any atom is -0.368 e. The molecule has 3 rings (SSSR count). The molecule has 136 valence electrons. The molecular weight excluding hydrogens is 318 g/mol. The maximum atomic E-state index is 12.3. The second kappa shape index (κ2) is 8.45. The van der Waals surface area contributed by atoms with Crippen molar-refractivity contribution in [2.45, 2.75) is 32.4 Å². The molecule has 25 heavy (non-hydrogen) atoms. The standard InChI is InChI=1S/C19H27N3O3/c1-15-4-6-16(7-5-15)13-20-18(23)14-21-8-10-22(11-9-21)19(24)17-3-2-12-25-17/h4-7,17H,2-3,8-14H2,1H3,(H,20,23). The van der Waals surface area contributed by atoms with Gasteiger partial charge >= 0.3 is 0 Å². The molecule has 1 aromatic rings. The van der Waals surface area contributed by atoms with Crippen molar-refractivity contribution in [3.8, 4) is 0 Å². The number of nitrogens with zero attached hydrogens (tertiary/aromatic N) is 2. The Balaban J connectivity index is 1.37. The van der Waals surface area contributed by atoms with E-state index in [2.05, 4.69) is 10.2 Å². The lowest BCUT2D eigenvalue weighted by Crippen LogP contribution is -2.53. The van der Waals surface area contributed by atoms with E-state index in [1.165, 1.54) is 5.56 Å². The van der Waals surface area contributed by atoms with E-state index in [0.29, 0.717) is 32.8 Å². The number of carbonyl (C=O) groups is 2. The first kappa shape index (κ1) is 17.9. The van der Waals surface area contributed by atoms with E-state index >= 15 is 0 Å². The second-order valence-electron chi connectivity index (χ2n) is 6.87. The highest BCUT2D eigenvalue weighted by atomic mass is 16.5. The Morgan fingerprint density at radius 2 is 1.88 bits per heavy atom. The molecule has 0 saturated carbocycles. The van der Waals surface area contributed by atoms with Gasteiger partial charge in [0.2, 0.25) is 5.91 Å². The maximum Gasteiger partial charge on any atom is 0.251 e. The van der Waals surface area contributed by atoms with Gasteiger partial charge in [0.05, 0.1) is 6.54 Å². The van der Waals surface area contributed by atoms with Gasteiger partial charge in [0.15, 0.2) is 0 Å². The van der Waals surface area contributed by atoms with Gasteiger partial charge in [-0.1, -0.05) is 29.8 Å². The highest BCUT2D eigenvalue weighted by molar-refractivity contribution is 5.81. The fourth-order valence-electron chi connectivity index (χ4n) is 3.27. The Labute approximate surface area is 149 Å². The van der Waals surface area contributed by atoms with Crippen molar-refractivity contribution >= 4 is 11.8 Å². The molecular formula is C19H27N3O3. The molecule has 1 aromatic carbocycles. The van der Waals surface area contributed by atoms with Crippen LogP contribution in [0.25, 0.3) is 0 Å². The van der Waals surface area contributed by atoms with Crippen LogP contribution in [0.3, 0.4) is 0 Å². The van der Waals surface area contributed by atoms with E-state index in [4.69, 9.17) is 4.74 Å². The van der Waals surface area contributed by atoms with Crippen LogP contribution in [0.4, 0.5) is 0 Å². The normalized spacial score (nSPS) is 21.3. The number of hydrogen-bond acceptors (Lipinski definition) is 4. The number of rotatable bonds is 5. The molecule has 1 atom stereocenters. The summed E-state index contributed by atoms with van der Waals surface area (Å²) in [7, 11) is 0. The van der Waals surface area contributed by atoms with Crippen molar-refractivity contribution in [1.82, 2.24) is 15.1 Å². The van der Waals surface area contributed by atoms with Gasteiger partial charge in [0.25, 0.3) is 5.91 Å². The van der Waals surface area contributed by atoms with Gasteiger partial charge in [-0.05, 0) is 25.3 Å². The molecule has 2 aliphatic rings. The largest absolute Gasteiger partial charge is 0.368 e. The van der Waals surface area contributed by atoms with E-state index in [-0.39, 0.29) is 17.9 Å². The van der Waals surface area contributed by atoms with Gasteiger partial charge < -0.3 is 15.0 Å². The van der Waals surface area contributed by atoms with Crippen molar-refractivity contribution < 1.29 is 14.3 Å². The van der Waals surface area contributed by atoms with Crippen LogP contribution < -0.4 is 5.32 Å². The molecule has 2 saturated heterocycles. The highest BCUT2D eigenvalue weighted by Crippen LogP contribution is 2.15. The molecule has 2 amide bonds. The predicted octanol–water partition coefficient (Wildman–Crippen LogP) is 0.934. The maximum absolute atomic E-state index is 12.3. The number of ether oxygens (including phenoxy) is 1. The van der Waals surface area contributed by atoms with Crippen LogP contribution in [0.1, 0.15) is 24.0 Å². The molecule has 2 aliphatic heterocycles. The third-order valence-electron chi connectivity index (χ3n) is 4.87. The number of benzene rings is 1. The van der Waals surface area contributed by atoms with E-state index in [1.54, 1.807) is 0 Å². The highest BCUT2D eigenvalue weighted by Gasteiger charge is 2.30. The minimum atomic E-state index is -0.246. The summed E-state index contributed by atoms with van der Waals surface area (Å²) in [6, 6.07) is 8.16. The molecule has 1 N–H and O–H groups in total. The SMILES string of the molecule is Cc1ccc(CNC(=O)CN2CCN(C(=O)C3CCCO3)CC2)cc1. The monoisotopic (exact) mass is 345 g/mol. The lowest BCUT2D eigenvalue weighted by atomic mass is 10.1. The smallest absolute Gasteiger partial charge is 0.251 e. The van der Waals surface area contributed by atoms with Crippen molar-refractivity contribution in [1.29, 1.82) is 0 Å². The third-order valence-corrected chi connectivity index (χ3v) is 4.87. The Hall–Kier alpha value is -1.92. The zero-order chi connectivity index (χ0) is 17.6. The molecule has 6 heteroatoms. The van der Waals surface area contributed by atoms with Gasteiger partial charge in [0, 0.05) is 39.3 Å². The van der Waals surface area contributed by atoms with E-state index < -0.39 is 0 Å². The van der Waals surface area contributed by atoms with E-state index in [1.807, 2.05) is 36.1 Å². The molecule has 1 unspecified atom stereocenters. The molecule has 0 spiro atoms. The van der Waals surface area contributed by atoms with Crippen LogP contribution in [0.15, 0.2) is 24.3 Å². The first-order valence-electron chi connectivity index (χ1n) is 9.07. The Morgan fingerprint density at radius 3 is 2.52 bits per heavy atom. The molecule has 6 nitrogen and oxygen atoms in total. The molecule has 0 aromatic heterocycles. The quantitative estimate of drug-likeness (QED) is 0.863. The van der Waals surface area contributed by atoms with Crippen molar-refractivity contribution in [3.05, 3.63) is 35.4 Å². The van der Waals surface area contributed by atoms with Gasteiger partial charge in [-0.2, -0.15) is 0 Å². The zero-order valence-corrected chi connectivity index (χ0v) is 14.9. The van der Waals surface area contributed by atoms with Crippen molar-refractivity contribution in [2.75, 3.05) is 39.3 Å². The van der Waals surface area contributed by atoms with E-state index in [0.717, 1.165) is 31.5 Å². The fraction of sp³-hybridized carbons (Fsp3) is 0.579. The van der Waals surface area contributed by atoms with Crippen LogP contribution in [-0.4, -0.2) is 67.0 Å². The lowest BCUT2D eigenvalue weighted by molar-refractivity contribution is -0.142. The summed E-state index contributed by atoms with van der Waals surface area (Å²) in [5.41, 5.74) is 2.32. The molecule has 0 aliphatic carbocycles. The second-order valence-corrected chi connectivity index (χ2v) is 6.87. The van der Waals surface area contributed by atoms with Gasteiger partial charge in [-0.15, -0.1) is 0 Å². The number of amides is 2. The Kier molecular flexibility index (Phi) is 6.04. The topological polar surface area (TPSA) is 61.9 Å². The summed E-state index contributed by atoms with van der Waals surface area (Å²) < 4.78 is 5.47. The van der Waals surface area contributed by atoms with Crippen LogP contribution >= 0.6 is 0 Å². The van der Waals surface area contributed by atoms with Gasteiger partial charge in [0.1, 0.15) is 6.10 Å². The summed E-state index contributed by atoms with van der Waals surface area (Å²) in [5.74, 6) is 0.139. The summed E-state index contributed by atoms with van der Waals surface area (Å²) in [4.78, 5) is 28.4. The molecule has 0 radical (unpaired) electrons. The average Bonchev–Trinajstić information content (AvgIpc) is 3.16. The van der Waals surface area contributed by atoms with Crippen LogP contribution in [0.5, 0.6) is 0 Å². The van der Waals surface area contributed by atoms with Crippen LogP contribution in [-0.2, 0) is 20.9 Å². The van der Waals surface area contributed by atoms with Crippen LogP contribution in [0, 0.1) is 6.92 Å². The number of hydrogen-bond donors (Lipinski definition) is 1. The summed E-state index contributed by atoms with van der Waals surface area (Å²) in [5, 5.41) is 2.96. The predicted molar refractivity (Wildman–Crippen MR) is 95.0 cm³/mol. The number of nitrogens with one attached hydrogen (secondary N) is 1. The number of carbonyl (C=O) groups excluding carboxylic acids is 2. The lowest BCUT2D eigenvalue weighted by Gasteiger charge is -2.35. The first-order chi connectivity index (χ1) is 12.1. The summed E-state index contributed by atoms with van der Waals surface area (Å²) >= 11 is 0. The molecule has 0 bridgehead atoms. The van der Waals surface area contributed by atoms with Crippen LogP contribution in [0.2, 0.25) is 0 Å². The summed E-state index contributed by atoms with van der Waals surface area (Å²) in [6.45, 7) is 6.48. The fourth-order valence-corrected chi connectivity index (χ4v) is 3.27. The van der Waals surface area contributed by atoms with E-state index in [9.17, 15) is 9.59 Å². The average molecular weight is 345 g/mol. The first-order valence-corrected chi connectivity index (χ1v) is 9.07. The molecule has 2 heterocycles. The molecule has 2 fully saturated rings. The zero-order valence-electron chi connectivity index (χ0n) is 14.9. The summed E-state index contributed by atoms with van der Waals surface area (Å²) in [6.07, 6.45) is 1.56. The Morgan fingerprint density at radius 1 is 1.16 bits per heavy atom. The van der Waals surface area contributed by atoms with Crippen molar-refractivity contribution in [2.24, 2.45) is 0 Å². The van der Waals surface area contributed by atoms with Gasteiger partial charge in [-0.25, -0.2) is 0 Å². The van der Waals surface area contributed by atoms with Crippen molar-refractivity contribution in [3.63, 3.8) is 0 Å². The number of piperazine rings is 1.